The van der Waals surface area contributed by atoms with Gasteiger partial charge in [0.2, 0.25) is 35.4 Å². The van der Waals surface area contributed by atoms with Crippen molar-refractivity contribution in [2.75, 3.05) is 96.8 Å². The van der Waals surface area contributed by atoms with Gasteiger partial charge in [0, 0.05) is 106 Å². The van der Waals surface area contributed by atoms with Crippen LogP contribution in [-0.2, 0) is 35.2 Å². The molecule has 0 radical (unpaired) electrons. The number of anilines is 1. The molecule has 0 unspecified atom stereocenters. The van der Waals surface area contributed by atoms with Gasteiger partial charge in [0.05, 0.1) is 75.1 Å². The fraction of sp³-hybridized carbons (Fsp3) is 0.603. The Morgan fingerprint density at radius 3 is 1.91 bits per heavy atom. The number of aliphatic hydroxyl groups excluding tert-OH is 10. The molecule has 33 heteroatoms. The molecule has 3 aromatic carbocycles. The van der Waals surface area contributed by atoms with E-state index in [1.165, 1.54) is 80.7 Å². The summed E-state index contributed by atoms with van der Waals surface area (Å²) < 4.78 is 5.72. The maximum absolute atomic E-state index is 15.1. The van der Waals surface area contributed by atoms with E-state index >= 15 is 4.79 Å². The van der Waals surface area contributed by atoms with Gasteiger partial charge in [-0.05, 0) is 86.8 Å². The van der Waals surface area contributed by atoms with Crippen LogP contribution in [0.1, 0.15) is 81.1 Å². The summed E-state index contributed by atoms with van der Waals surface area (Å²) in [6.07, 6.45) is -6.05. The van der Waals surface area contributed by atoms with Crippen molar-refractivity contribution in [3.05, 3.63) is 77.9 Å². The molecule has 0 spiro atoms. The normalized spacial score (nSPS) is 25.9. The Hall–Kier alpha value is -7.61. The van der Waals surface area contributed by atoms with Crippen molar-refractivity contribution in [3.8, 4) is 32.6 Å². The van der Waals surface area contributed by atoms with Crippen molar-refractivity contribution >= 4 is 58.4 Å². The van der Waals surface area contributed by atoms with Gasteiger partial charge in [-0.3, -0.25) is 38.5 Å². The quantitative estimate of drug-likeness (QED) is 0.0295. The molecule has 4 aromatic rings. The average Bonchev–Trinajstić information content (AvgIpc) is 1.66. The fourth-order valence-electron chi connectivity index (χ4n) is 13.5. The Bertz CT molecular complexity index is 3410. The monoisotopic (exact) mass is 1430 g/mol. The number of carbonyl (C=O) groups is 7. The van der Waals surface area contributed by atoms with Crippen LogP contribution in [0.2, 0.25) is 0 Å². The first-order valence-electron chi connectivity index (χ1n) is 34.6. The van der Waals surface area contributed by atoms with E-state index in [4.69, 9.17) is 4.74 Å². The SMILES string of the molecule is C[C@@H](O)[C@@H]1NC(=O)[C@@H](NC(=O)c2ccc(-c3nnc(-c4ccc(N5CCN(C6CCCCC6)CC5)cc4)s3)cc2)C[C@@H](O)CNC(=O)[C@@H]2[C@@H](O)[C@@H](C)CN2C(=O)[C@H]([C@H](O)CCNC(CO)CO)NC(=O)[C@H]([C@H](O)Cc2ccc(O)c(OCCNC(CO)CO)c2)NC(=O)[C@@H]2C[C@@H](O)CN2C1=O. The predicted molar refractivity (Wildman–Crippen MR) is 366 cm³/mol. The van der Waals surface area contributed by atoms with E-state index in [1.807, 2.05) is 12.1 Å². The highest BCUT2D eigenvalue weighted by Gasteiger charge is 2.50. The highest BCUT2D eigenvalue weighted by atomic mass is 32.1. The smallest absolute Gasteiger partial charge is 0.251 e. The van der Waals surface area contributed by atoms with E-state index in [1.54, 1.807) is 12.1 Å². The molecule has 4 saturated heterocycles. The number of phenolic OH excluding ortho intramolecular Hbond substituents is 1. The van der Waals surface area contributed by atoms with E-state index in [0.29, 0.717) is 21.6 Å². The Balaban J connectivity index is 0.968. The maximum Gasteiger partial charge on any atom is 0.251 e. The molecule has 0 bridgehead atoms. The number of fused-ring (bicyclic) bond motifs is 2. The lowest BCUT2D eigenvalue weighted by atomic mass is 9.94. The van der Waals surface area contributed by atoms with Crippen molar-refractivity contribution in [2.45, 2.75) is 163 Å². The molecule has 1 aliphatic carbocycles. The van der Waals surface area contributed by atoms with E-state index in [9.17, 15) is 84.9 Å². The third kappa shape index (κ3) is 20.0. The van der Waals surface area contributed by atoms with E-state index in [0.717, 1.165) is 54.2 Å². The molecule has 32 nitrogen and oxygen atoms in total. The fourth-order valence-corrected chi connectivity index (χ4v) is 14.4. The number of ether oxygens (including phenoxy) is 1. The summed E-state index contributed by atoms with van der Waals surface area (Å²) in [5.74, 6) is -9.17. The first-order chi connectivity index (χ1) is 48.5. The van der Waals surface area contributed by atoms with Gasteiger partial charge < -0.3 is 113 Å². The number of hydrogen-bond donors (Lipinski definition) is 18. The van der Waals surface area contributed by atoms with Crippen LogP contribution in [0.15, 0.2) is 66.7 Å². The molecule has 1 saturated carbocycles. The van der Waals surface area contributed by atoms with Crippen LogP contribution < -0.4 is 46.9 Å². The summed E-state index contributed by atoms with van der Waals surface area (Å²) in [5, 5.41) is 147. The number of piperazine rings is 1. The molecule has 13 atom stereocenters. The van der Waals surface area contributed by atoms with Gasteiger partial charge in [-0.15, -0.1) is 10.2 Å². The van der Waals surface area contributed by atoms with Gasteiger partial charge in [0.15, 0.2) is 11.5 Å². The van der Waals surface area contributed by atoms with Crippen LogP contribution in [0.4, 0.5) is 5.69 Å². The number of aromatic nitrogens is 2. The Labute approximate surface area is 588 Å². The second-order valence-electron chi connectivity index (χ2n) is 26.8. The molecule has 4 aliphatic heterocycles. The summed E-state index contributed by atoms with van der Waals surface area (Å²) in [6, 6.07) is 6.04. The topological polar surface area (TPSA) is 474 Å². The molecular weight excluding hydrogens is 1330 g/mol. The predicted octanol–water partition coefficient (Wildman–Crippen LogP) is -4.36. The molecule has 5 aliphatic rings. The Kier molecular flexibility index (Phi) is 28.0. The number of benzene rings is 3. The molecule has 5 fully saturated rings. The number of carbonyl (C=O) groups excluding carboxylic acids is 7. The zero-order valence-corrected chi connectivity index (χ0v) is 57.4. The molecule has 7 amide bonds. The van der Waals surface area contributed by atoms with E-state index < -0.39 is 184 Å². The first kappa shape index (κ1) is 77.5. The number of aliphatic hydroxyl groups is 10. The van der Waals surface area contributed by atoms with Crippen LogP contribution in [0.3, 0.4) is 0 Å². The van der Waals surface area contributed by atoms with Crippen LogP contribution in [0, 0.1) is 5.92 Å². The third-order valence-corrected chi connectivity index (χ3v) is 20.5. The van der Waals surface area contributed by atoms with E-state index in [2.05, 4.69) is 69.3 Å². The van der Waals surface area contributed by atoms with Crippen LogP contribution in [-0.4, -0.2) is 305 Å². The van der Waals surface area contributed by atoms with Crippen LogP contribution in [0.25, 0.3) is 21.1 Å². The summed E-state index contributed by atoms with van der Waals surface area (Å²) >= 11 is 1.34. The summed E-state index contributed by atoms with van der Waals surface area (Å²) in [5.41, 5.74) is 2.82. The van der Waals surface area contributed by atoms with Crippen molar-refractivity contribution < 1.29 is 94.5 Å². The number of nitrogens with one attached hydrogen (secondary N) is 7. The zero-order valence-electron chi connectivity index (χ0n) is 56.6. The van der Waals surface area contributed by atoms with Crippen molar-refractivity contribution in [1.29, 1.82) is 0 Å². The van der Waals surface area contributed by atoms with E-state index in [-0.39, 0.29) is 62.1 Å². The summed E-state index contributed by atoms with van der Waals surface area (Å²) in [6.45, 7) is 2.95. The minimum absolute atomic E-state index is 0.0263. The zero-order chi connectivity index (χ0) is 72.6. The lowest BCUT2D eigenvalue weighted by Gasteiger charge is -2.41. The summed E-state index contributed by atoms with van der Waals surface area (Å²) in [7, 11) is 0. The number of hydrogen-bond acceptors (Lipinski definition) is 26. The highest BCUT2D eigenvalue weighted by Crippen LogP contribution is 2.34. The maximum atomic E-state index is 15.1. The molecule has 5 heterocycles. The van der Waals surface area contributed by atoms with Gasteiger partial charge in [-0.2, -0.15) is 0 Å². The minimum atomic E-state index is -2.14. The number of β-amino-alcohol motifs (C(OH)–C–C–N with tert-alkyl or cyclic N) is 1. The average molecular weight is 1430 g/mol. The number of nitrogens with zero attached hydrogens (tertiary/aromatic N) is 6. The molecule has 101 heavy (non-hydrogen) atoms. The third-order valence-electron chi connectivity index (χ3n) is 19.5. The molecule has 9 rings (SSSR count). The summed E-state index contributed by atoms with van der Waals surface area (Å²) in [4.78, 5) is 110. The standard InChI is InChI=1S/C68H97N13O19S/c1-37-31-81-58(59(37)92)64(97)71-30-47(87)28-49(72-60(93)40-9-11-41(12-10-40)65-76-77-66(101-65)42-13-15-46(16-14-42)79-23-21-78(22-24-79)45-6-4-3-5-7-45)61(94)73-55(38(2)86)67(98)80-32-48(88)29-50(80)62(95)74-56(63(96)75-57(68(81)99)52(90)18-19-69-43(33-82)34-83)53(91)26-39-8-17-51(89)54(27-39)100-25-20-70-44(35-84)36-85/h8-17,27,37-38,43-45,47-50,52-53,55-59,69-70,82-92H,3-7,18-26,28-36H2,1-2H3,(H,71,97)(H,72,93)(H,73,94)(H,74,95)(H,75,96)/t37-,38+,47+,48+,49-,50-,52+,53+,55-,56-,57-,58-,59-/m0/s1. The second-order valence-corrected chi connectivity index (χ2v) is 27.8. The van der Waals surface area contributed by atoms with Crippen molar-refractivity contribution in [3.63, 3.8) is 0 Å². The second kappa shape index (κ2) is 36.5. The van der Waals surface area contributed by atoms with Gasteiger partial charge in [0.1, 0.15) is 52.9 Å². The molecule has 554 valence electrons. The number of amides is 7. The molecule has 18 N–H and O–H groups in total. The number of aromatic hydroxyl groups is 1. The first-order valence-corrected chi connectivity index (χ1v) is 35.4. The van der Waals surface area contributed by atoms with Gasteiger partial charge in [-0.25, -0.2) is 0 Å². The van der Waals surface area contributed by atoms with Gasteiger partial charge in [0.25, 0.3) is 5.91 Å². The molecule has 1 aromatic heterocycles. The largest absolute Gasteiger partial charge is 0.504 e. The van der Waals surface area contributed by atoms with Crippen molar-refractivity contribution in [1.82, 2.24) is 62.1 Å². The van der Waals surface area contributed by atoms with Crippen LogP contribution >= 0.6 is 11.3 Å². The Morgan fingerprint density at radius 1 is 0.673 bits per heavy atom. The highest BCUT2D eigenvalue weighted by molar-refractivity contribution is 7.17. The van der Waals surface area contributed by atoms with Crippen LogP contribution in [0.5, 0.6) is 11.5 Å². The van der Waals surface area contributed by atoms with Crippen molar-refractivity contribution in [2.24, 2.45) is 5.92 Å². The van der Waals surface area contributed by atoms with Gasteiger partial charge in [-0.1, -0.05) is 55.7 Å². The van der Waals surface area contributed by atoms with Gasteiger partial charge >= 0.3 is 0 Å². The lowest BCUT2D eigenvalue weighted by molar-refractivity contribution is -0.147. The number of phenols is 1. The number of rotatable bonds is 24. The lowest BCUT2D eigenvalue weighted by Crippen LogP contribution is -2.64. The molecular formula is C68H97N13O19S. The Morgan fingerprint density at radius 2 is 1.28 bits per heavy atom. The minimum Gasteiger partial charge on any atom is -0.504 e.